The average Bonchev–Trinajstić information content (AvgIpc) is 3.04. The summed E-state index contributed by atoms with van der Waals surface area (Å²) in [6.07, 6.45) is -6.36. The van der Waals surface area contributed by atoms with E-state index < -0.39 is 62.9 Å². The Morgan fingerprint density at radius 1 is 0.889 bits per heavy atom. The largest absolute Gasteiger partial charge is 0.497 e. The van der Waals surface area contributed by atoms with Crippen LogP contribution in [0, 0.1) is 0 Å². The van der Waals surface area contributed by atoms with Crippen molar-refractivity contribution in [1.82, 2.24) is 10.4 Å². The highest BCUT2D eigenvalue weighted by Gasteiger charge is 2.46. The number of hydrogen-bond acceptors (Lipinski definition) is 11. The van der Waals surface area contributed by atoms with Crippen LogP contribution in [0.5, 0.6) is 11.5 Å². The van der Waals surface area contributed by atoms with E-state index >= 15 is 0 Å². The molecule has 45 heavy (non-hydrogen) atoms. The zero-order chi connectivity index (χ0) is 32.4. The van der Waals surface area contributed by atoms with Crippen molar-refractivity contribution < 1.29 is 52.7 Å². The van der Waals surface area contributed by atoms with Crippen molar-refractivity contribution in [2.75, 3.05) is 13.7 Å². The summed E-state index contributed by atoms with van der Waals surface area (Å²) in [5.41, 5.74) is 1.47. The molecular weight excluding hydrogens is 607 g/mol. The van der Waals surface area contributed by atoms with E-state index in [9.17, 15) is 29.5 Å². The van der Waals surface area contributed by atoms with Crippen molar-refractivity contribution in [3.8, 4) is 11.5 Å². The zero-order valence-electron chi connectivity index (χ0n) is 24.7. The lowest BCUT2D eigenvalue weighted by molar-refractivity contribution is -0.252. The SMILES string of the molecule is COc1ccc(OP(=O)(N[C@@H](Cc2ccccc2)C(=O)OCc2ccccc2)OC[C@H]2O[C@H](O)[C@H](NC(C)=O)[C@@H](O)[C@@H]2O)cc1. The van der Waals surface area contributed by atoms with Crippen LogP contribution in [-0.4, -0.2) is 77.6 Å². The van der Waals surface area contributed by atoms with Crippen LogP contribution in [0.15, 0.2) is 84.9 Å². The normalized spacial score (nSPS) is 23.3. The van der Waals surface area contributed by atoms with Gasteiger partial charge in [0, 0.05) is 6.92 Å². The summed E-state index contributed by atoms with van der Waals surface area (Å²) in [5, 5.41) is 36.6. The van der Waals surface area contributed by atoms with Gasteiger partial charge < -0.3 is 39.4 Å². The summed E-state index contributed by atoms with van der Waals surface area (Å²) in [6, 6.07) is 21.6. The highest BCUT2D eigenvalue weighted by molar-refractivity contribution is 7.52. The molecule has 0 spiro atoms. The smallest absolute Gasteiger partial charge is 0.459 e. The van der Waals surface area contributed by atoms with Crippen LogP contribution in [0.2, 0.25) is 0 Å². The van der Waals surface area contributed by atoms with Gasteiger partial charge in [-0.3, -0.25) is 14.1 Å². The number of aliphatic hydroxyl groups is 3. The molecule has 5 N–H and O–H groups in total. The number of nitrogens with one attached hydrogen (secondary N) is 2. The van der Waals surface area contributed by atoms with Gasteiger partial charge in [0.15, 0.2) is 6.29 Å². The number of carbonyl (C=O) groups is 2. The highest BCUT2D eigenvalue weighted by Crippen LogP contribution is 2.46. The number of aliphatic hydroxyl groups excluding tert-OH is 3. The quantitative estimate of drug-likeness (QED) is 0.128. The van der Waals surface area contributed by atoms with Crippen LogP contribution in [-0.2, 0) is 41.2 Å². The van der Waals surface area contributed by atoms with E-state index in [4.69, 9.17) is 23.3 Å². The number of carbonyl (C=O) groups excluding carboxylic acids is 2. The molecule has 0 aliphatic carbocycles. The third-order valence-corrected chi connectivity index (χ3v) is 8.46. The summed E-state index contributed by atoms with van der Waals surface area (Å²) in [6.45, 7) is 0.486. The number of amides is 1. The fraction of sp³-hybridized carbons (Fsp3) is 0.355. The minimum Gasteiger partial charge on any atom is -0.497 e. The molecule has 1 aliphatic heterocycles. The summed E-state index contributed by atoms with van der Waals surface area (Å²) in [7, 11) is -3.01. The van der Waals surface area contributed by atoms with Gasteiger partial charge in [-0.25, -0.2) is 4.57 Å². The van der Waals surface area contributed by atoms with Crippen molar-refractivity contribution in [2.24, 2.45) is 0 Å². The van der Waals surface area contributed by atoms with Crippen molar-refractivity contribution in [2.45, 2.75) is 56.6 Å². The molecule has 1 unspecified atom stereocenters. The Labute approximate surface area is 260 Å². The van der Waals surface area contributed by atoms with E-state index in [0.717, 1.165) is 11.1 Å². The van der Waals surface area contributed by atoms with Crippen molar-refractivity contribution >= 4 is 19.6 Å². The summed E-state index contributed by atoms with van der Waals surface area (Å²) in [5.74, 6) is -0.691. The van der Waals surface area contributed by atoms with Gasteiger partial charge >= 0.3 is 13.7 Å². The zero-order valence-corrected chi connectivity index (χ0v) is 25.6. The molecule has 13 nitrogen and oxygen atoms in total. The molecule has 7 atom stereocenters. The number of hydrogen-bond donors (Lipinski definition) is 5. The van der Waals surface area contributed by atoms with E-state index in [1.54, 1.807) is 48.5 Å². The van der Waals surface area contributed by atoms with Gasteiger partial charge in [-0.1, -0.05) is 60.7 Å². The van der Waals surface area contributed by atoms with Crippen molar-refractivity contribution in [1.29, 1.82) is 0 Å². The lowest BCUT2D eigenvalue weighted by atomic mass is 9.97. The van der Waals surface area contributed by atoms with E-state index in [2.05, 4.69) is 10.4 Å². The first-order valence-corrected chi connectivity index (χ1v) is 15.7. The summed E-state index contributed by atoms with van der Waals surface area (Å²) >= 11 is 0. The number of methoxy groups -OCH3 is 1. The molecule has 14 heteroatoms. The third-order valence-electron chi connectivity index (χ3n) is 6.89. The molecule has 1 aliphatic rings. The summed E-state index contributed by atoms with van der Waals surface area (Å²) in [4.78, 5) is 24.9. The molecule has 3 aromatic carbocycles. The maximum Gasteiger partial charge on any atom is 0.459 e. The molecule has 1 heterocycles. The Balaban J connectivity index is 1.57. The Morgan fingerprint density at radius 2 is 1.49 bits per heavy atom. The Hall–Kier alpha value is -3.81. The van der Waals surface area contributed by atoms with Gasteiger partial charge in [-0.2, -0.15) is 5.09 Å². The van der Waals surface area contributed by atoms with Crippen LogP contribution < -0.4 is 19.7 Å². The fourth-order valence-electron chi connectivity index (χ4n) is 4.56. The van der Waals surface area contributed by atoms with Gasteiger partial charge in [0.1, 0.15) is 48.5 Å². The molecule has 1 saturated heterocycles. The fourth-order valence-corrected chi connectivity index (χ4v) is 6.06. The second-order valence-corrected chi connectivity index (χ2v) is 12.0. The first kappa shape index (κ1) is 34.1. The van der Waals surface area contributed by atoms with Crippen LogP contribution in [0.4, 0.5) is 0 Å². The molecule has 4 rings (SSSR count). The molecule has 242 valence electrons. The molecule has 0 saturated carbocycles. The molecule has 0 aromatic heterocycles. The molecule has 1 fully saturated rings. The second kappa shape index (κ2) is 16.0. The van der Waals surface area contributed by atoms with E-state index in [1.807, 2.05) is 24.3 Å². The van der Waals surface area contributed by atoms with Crippen LogP contribution in [0.25, 0.3) is 0 Å². The molecular formula is C31H37N2O11P. The minimum atomic E-state index is -4.49. The van der Waals surface area contributed by atoms with Crippen LogP contribution in [0.1, 0.15) is 18.1 Å². The highest BCUT2D eigenvalue weighted by atomic mass is 31.2. The first-order valence-electron chi connectivity index (χ1n) is 14.1. The van der Waals surface area contributed by atoms with Gasteiger partial charge in [0.05, 0.1) is 13.7 Å². The maximum atomic E-state index is 14.3. The van der Waals surface area contributed by atoms with Crippen molar-refractivity contribution in [3.63, 3.8) is 0 Å². The lowest BCUT2D eigenvalue weighted by Crippen LogP contribution is -2.64. The van der Waals surface area contributed by atoms with Crippen molar-refractivity contribution in [3.05, 3.63) is 96.1 Å². The van der Waals surface area contributed by atoms with Gasteiger partial charge in [-0.05, 0) is 41.8 Å². The van der Waals surface area contributed by atoms with Gasteiger partial charge in [-0.15, -0.1) is 0 Å². The standard InChI is InChI=1S/C31H37N2O11P/c1-20(34)32-27-29(36)28(35)26(43-31(27)38)19-42-45(39,44-24-15-13-23(40-2)14-16-24)33-25(17-21-9-5-3-6-10-21)30(37)41-18-22-11-7-4-8-12-22/h3-16,25-29,31,35-36,38H,17-19H2,1-2H3,(H,32,34)(H,33,39)/t25-,26+,27+,28+,29+,31-,45?/m0/s1. The Morgan fingerprint density at radius 3 is 2.09 bits per heavy atom. The van der Waals surface area contributed by atoms with Crippen LogP contribution in [0.3, 0.4) is 0 Å². The molecule has 1 amide bonds. The predicted molar refractivity (Wildman–Crippen MR) is 161 cm³/mol. The van der Waals surface area contributed by atoms with Gasteiger partial charge in [0.2, 0.25) is 5.91 Å². The lowest BCUT2D eigenvalue weighted by Gasteiger charge is -2.40. The third kappa shape index (κ3) is 9.84. The first-order chi connectivity index (χ1) is 21.6. The maximum absolute atomic E-state index is 14.3. The van der Waals surface area contributed by atoms with Gasteiger partial charge in [0.25, 0.3) is 0 Å². The predicted octanol–water partition coefficient (Wildman–Crippen LogP) is 2.09. The number of esters is 1. The monoisotopic (exact) mass is 644 g/mol. The van der Waals surface area contributed by atoms with E-state index in [0.29, 0.717) is 5.75 Å². The Kier molecular flexibility index (Phi) is 12.1. The molecule has 0 radical (unpaired) electrons. The van der Waals surface area contributed by atoms with E-state index in [-0.39, 0.29) is 18.8 Å². The second-order valence-electron chi connectivity index (χ2n) is 10.3. The molecule has 0 bridgehead atoms. The minimum absolute atomic E-state index is 0.0372. The Bertz CT molecular complexity index is 1430. The van der Waals surface area contributed by atoms with Crippen LogP contribution >= 0.6 is 7.75 Å². The number of rotatable bonds is 14. The number of ether oxygens (including phenoxy) is 3. The van der Waals surface area contributed by atoms with E-state index in [1.165, 1.54) is 26.2 Å². The molecule has 3 aromatic rings. The summed E-state index contributed by atoms with van der Waals surface area (Å²) < 4.78 is 41.9. The average molecular weight is 645 g/mol. The number of benzene rings is 3. The topological polar surface area (TPSA) is 182 Å².